The Morgan fingerprint density at radius 3 is 2.27 bits per heavy atom. The molecule has 3 N–H and O–H groups in total. The molecule has 0 aliphatic carbocycles. The average Bonchev–Trinajstić information content (AvgIpc) is 3.36. The van der Waals surface area contributed by atoms with Gasteiger partial charge in [0.15, 0.2) is 0 Å². The fourth-order valence-corrected chi connectivity index (χ4v) is 4.60. The van der Waals surface area contributed by atoms with E-state index in [9.17, 15) is 14.4 Å². The van der Waals surface area contributed by atoms with Crippen LogP contribution in [0.5, 0.6) is 5.75 Å². The topological polar surface area (TPSA) is 104 Å². The van der Waals surface area contributed by atoms with Gasteiger partial charge in [-0.2, -0.15) is 0 Å². The first kappa shape index (κ1) is 28.9. The maximum atomic E-state index is 14.1. The molecule has 0 aliphatic heterocycles. The number of para-hydroxylation sites is 1. The van der Waals surface area contributed by atoms with Gasteiger partial charge in [-0.3, -0.25) is 14.4 Å². The molecular formula is C31H33BrN4O4. The molecule has 1 aromatic heterocycles. The van der Waals surface area contributed by atoms with Crippen molar-refractivity contribution in [3.05, 3.63) is 100 Å². The van der Waals surface area contributed by atoms with E-state index in [1.165, 1.54) is 4.90 Å². The first-order chi connectivity index (χ1) is 19.0. The third-order valence-electron chi connectivity index (χ3n) is 6.23. The summed E-state index contributed by atoms with van der Waals surface area (Å²) >= 11 is 3.44. The van der Waals surface area contributed by atoms with Crippen LogP contribution in [0.15, 0.2) is 83.3 Å². The quantitative estimate of drug-likeness (QED) is 0.239. The van der Waals surface area contributed by atoms with E-state index in [4.69, 9.17) is 4.74 Å². The first-order valence-corrected chi connectivity index (χ1v) is 13.7. The Morgan fingerprint density at radius 2 is 1.65 bits per heavy atom. The summed E-state index contributed by atoms with van der Waals surface area (Å²) in [5.41, 5.74) is 1.97. The van der Waals surface area contributed by atoms with Gasteiger partial charge < -0.3 is 25.3 Å². The maximum absolute atomic E-state index is 14.1. The molecule has 40 heavy (non-hydrogen) atoms. The van der Waals surface area contributed by atoms with Crippen LogP contribution in [0.3, 0.4) is 0 Å². The number of aromatic nitrogens is 1. The van der Waals surface area contributed by atoms with Crippen LogP contribution in [0.4, 0.5) is 0 Å². The Bertz CT molecular complexity index is 1460. The van der Waals surface area contributed by atoms with Gasteiger partial charge in [0, 0.05) is 27.5 Å². The number of aromatic amines is 1. The summed E-state index contributed by atoms with van der Waals surface area (Å²) in [5.74, 6) is -0.534. The lowest BCUT2D eigenvalue weighted by molar-refractivity contribution is -0.129. The molecule has 4 aromatic rings. The summed E-state index contributed by atoms with van der Waals surface area (Å²) < 4.78 is 6.03. The molecule has 3 amide bonds. The van der Waals surface area contributed by atoms with Gasteiger partial charge in [0.05, 0.1) is 7.11 Å². The number of hydrogen-bond donors (Lipinski definition) is 3. The number of amides is 3. The normalized spacial score (nSPS) is 12.0. The zero-order valence-corrected chi connectivity index (χ0v) is 24.5. The predicted octanol–water partition coefficient (Wildman–Crippen LogP) is 5.35. The summed E-state index contributed by atoms with van der Waals surface area (Å²) in [6.07, 6.45) is 0. The van der Waals surface area contributed by atoms with Gasteiger partial charge >= 0.3 is 0 Å². The lowest BCUT2D eigenvalue weighted by Crippen LogP contribution is -2.51. The van der Waals surface area contributed by atoms with E-state index >= 15 is 0 Å². The zero-order chi connectivity index (χ0) is 28.9. The number of halogens is 1. The van der Waals surface area contributed by atoms with E-state index in [1.54, 1.807) is 25.3 Å². The second-order valence-electron chi connectivity index (χ2n) is 10.5. The number of rotatable bonds is 9. The standard InChI is InChI=1S/C31H33BrN4O4/c1-31(2,3)35-29(38)28(21-11-13-23(32)14-12-21)36(30(39)26-17-22-7-5-6-8-25(22)34-26)19-27(37)33-18-20-9-15-24(40-4)16-10-20/h5-17,28,34H,18-19H2,1-4H3,(H,33,37)(H,35,38). The number of fused-ring (bicyclic) bond motifs is 1. The number of methoxy groups -OCH3 is 1. The van der Waals surface area contributed by atoms with Crippen molar-refractivity contribution in [2.24, 2.45) is 0 Å². The van der Waals surface area contributed by atoms with Crippen LogP contribution in [0.2, 0.25) is 0 Å². The van der Waals surface area contributed by atoms with Crippen molar-refractivity contribution in [3.8, 4) is 5.75 Å². The molecule has 1 unspecified atom stereocenters. The van der Waals surface area contributed by atoms with Gasteiger partial charge in [-0.05, 0) is 68.3 Å². The predicted molar refractivity (Wildman–Crippen MR) is 159 cm³/mol. The number of carbonyl (C=O) groups is 3. The summed E-state index contributed by atoms with van der Waals surface area (Å²) in [6.45, 7) is 5.54. The third-order valence-corrected chi connectivity index (χ3v) is 6.76. The van der Waals surface area contributed by atoms with Crippen molar-refractivity contribution < 1.29 is 19.1 Å². The molecule has 0 saturated carbocycles. The van der Waals surface area contributed by atoms with Crippen LogP contribution >= 0.6 is 15.9 Å². The Morgan fingerprint density at radius 1 is 0.975 bits per heavy atom. The Labute approximate surface area is 242 Å². The Balaban J connectivity index is 1.68. The molecule has 9 heteroatoms. The molecule has 1 atom stereocenters. The van der Waals surface area contributed by atoms with E-state index in [2.05, 4.69) is 31.5 Å². The van der Waals surface area contributed by atoms with E-state index in [1.807, 2.05) is 81.4 Å². The minimum Gasteiger partial charge on any atom is -0.497 e. The molecule has 208 valence electrons. The average molecular weight is 606 g/mol. The molecule has 3 aromatic carbocycles. The summed E-state index contributed by atoms with van der Waals surface area (Å²) in [5, 5.41) is 6.72. The van der Waals surface area contributed by atoms with Crippen LogP contribution in [-0.2, 0) is 16.1 Å². The second kappa shape index (κ2) is 12.4. The van der Waals surface area contributed by atoms with Crippen molar-refractivity contribution in [3.63, 3.8) is 0 Å². The number of nitrogens with zero attached hydrogens (tertiary/aromatic N) is 1. The first-order valence-electron chi connectivity index (χ1n) is 12.9. The number of ether oxygens (including phenoxy) is 1. The minimum atomic E-state index is -1.06. The third kappa shape index (κ3) is 7.30. The second-order valence-corrected chi connectivity index (χ2v) is 11.4. The van der Waals surface area contributed by atoms with E-state index in [0.29, 0.717) is 11.3 Å². The van der Waals surface area contributed by atoms with Crippen molar-refractivity contribution in [2.45, 2.75) is 38.9 Å². The fourth-order valence-electron chi connectivity index (χ4n) is 4.33. The van der Waals surface area contributed by atoms with Gasteiger partial charge in [-0.25, -0.2) is 0 Å². The largest absolute Gasteiger partial charge is 0.497 e. The number of benzene rings is 3. The number of nitrogens with one attached hydrogen (secondary N) is 3. The lowest BCUT2D eigenvalue weighted by Gasteiger charge is -2.33. The smallest absolute Gasteiger partial charge is 0.271 e. The van der Waals surface area contributed by atoms with Gasteiger partial charge in [-0.1, -0.05) is 58.4 Å². The van der Waals surface area contributed by atoms with Crippen molar-refractivity contribution in [1.29, 1.82) is 0 Å². The van der Waals surface area contributed by atoms with Crippen LogP contribution < -0.4 is 15.4 Å². The molecule has 1 heterocycles. The highest BCUT2D eigenvalue weighted by Crippen LogP contribution is 2.27. The van der Waals surface area contributed by atoms with Gasteiger partial charge in [0.25, 0.3) is 5.91 Å². The molecule has 0 spiro atoms. The minimum absolute atomic E-state index is 0.258. The number of carbonyl (C=O) groups excluding carboxylic acids is 3. The molecule has 0 radical (unpaired) electrons. The van der Waals surface area contributed by atoms with E-state index in [-0.39, 0.29) is 24.7 Å². The molecule has 0 saturated heterocycles. The monoisotopic (exact) mass is 604 g/mol. The molecular weight excluding hydrogens is 572 g/mol. The van der Waals surface area contributed by atoms with Crippen LogP contribution in [-0.4, -0.2) is 46.8 Å². The van der Waals surface area contributed by atoms with Gasteiger partial charge in [-0.15, -0.1) is 0 Å². The fraction of sp³-hybridized carbons (Fsp3) is 0.258. The molecule has 0 aliphatic rings. The van der Waals surface area contributed by atoms with Crippen molar-refractivity contribution >= 4 is 44.6 Å². The van der Waals surface area contributed by atoms with Crippen LogP contribution in [0, 0.1) is 0 Å². The van der Waals surface area contributed by atoms with E-state index in [0.717, 1.165) is 20.9 Å². The highest BCUT2D eigenvalue weighted by molar-refractivity contribution is 9.10. The Kier molecular flexibility index (Phi) is 8.94. The number of hydrogen-bond acceptors (Lipinski definition) is 4. The summed E-state index contributed by atoms with van der Waals surface area (Å²) in [4.78, 5) is 45.5. The van der Waals surface area contributed by atoms with Gasteiger partial charge in [0.2, 0.25) is 11.8 Å². The lowest BCUT2D eigenvalue weighted by atomic mass is 10.0. The van der Waals surface area contributed by atoms with Crippen molar-refractivity contribution in [2.75, 3.05) is 13.7 Å². The summed E-state index contributed by atoms with van der Waals surface area (Å²) in [6, 6.07) is 22.7. The highest BCUT2D eigenvalue weighted by atomic mass is 79.9. The molecule has 0 bridgehead atoms. The molecule has 8 nitrogen and oxygen atoms in total. The zero-order valence-electron chi connectivity index (χ0n) is 23.0. The van der Waals surface area contributed by atoms with Crippen LogP contribution in [0.25, 0.3) is 10.9 Å². The highest BCUT2D eigenvalue weighted by Gasteiger charge is 2.35. The van der Waals surface area contributed by atoms with Crippen molar-refractivity contribution in [1.82, 2.24) is 20.5 Å². The maximum Gasteiger partial charge on any atom is 0.271 e. The van der Waals surface area contributed by atoms with E-state index < -0.39 is 23.4 Å². The summed E-state index contributed by atoms with van der Waals surface area (Å²) in [7, 11) is 1.59. The number of H-pyrrole nitrogens is 1. The molecule has 0 fully saturated rings. The van der Waals surface area contributed by atoms with Crippen LogP contribution in [0.1, 0.15) is 48.4 Å². The Hall–Kier alpha value is -4.11. The molecule has 4 rings (SSSR count). The van der Waals surface area contributed by atoms with Gasteiger partial charge in [0.1, 0.15) is 24.0 Å². The SMILES string of the molecule is COc1ccc(CNC(=O)CN(C(=O)c2cc3ccccc3[nH]2)C(C(=O)NC(C)(C)C)c2ccc(Br)cc2)cc1.